The molecule has 2 aliphatic rings. The summed E-state index contributed by atoms with van der Waals surface area (Å²) in [5.41, 5.74) is 0.136. The summed E-state index contributed by atoms with van der Waals surface area (Å²) < 4.78 is 9.64. The summed E-state index contributed by atoms with van der Waals surface area (Å²) in [5, 5.41) is 14.6. The number of esters is 2. The van der Waals surface area contributed by atoms with E-state index in [-0.39, 0.29) is 53.5 Å². The molecule has 15 heteroatoms. The van der Waals surface area contributed by atoms with Gasteiger partial charge >= 0.3 is 17.9 Å². The van der Waals surface area contributed by atoms with Gasteiger partial charge in [0, 0.05) is 29.7 Å². The molecule has 1 fully saturated rings. The molecule has 3 atom stereocenters. The Morgan fingerprint density at radius 3 is 2.56 bits per heavy atom. The second-order valence-electron chi connectivity index (χ2n) is 8.56. The molecular formula is C24H25Cl2N3O9S. The standard InChI is InChI=1S/C24H25Cl2N3O9S/c1-11(30)38-9-12-10-39-22-18(21(33)29(22)19(12)23(34)35)28-17(31)5-3-4-16(24(36)37-2)27-20(32)14-7-6-13(25)8-15(14)26/h6-8,16,18,22H,3-5,9-10H2,1-2H3,(H,27,32)(H,28,31)(H,34,35)/t16?,18-,22-/m1/s1. The van der Waals surface area contributed by atoms with Crippen molar-refractivity contribution in [2.45, 2.75) is 43.6 Å². The van der Waals surface area contributed by atoms with Gasteiger partial charge in [0.1, 0.15) is 29.8 Å². The molecule has 1 unspecified atom stereocenters. The summed E-state index contributed by atoms with van der Waals surface area (Å²) in [6, 6.07) is 2.28. The van der Waals surface area contributed by atoms with Gasteiger partial charge in [-0.05, 0) is 31.0 Å². The Morgan fingerprint density at radius 1 is 1.23 bits per heavy atom. The van der Waals surface area contributed by atoms with E-state index in [0.717, 1.165) is 12.0 Å². The number of halogens is 2. The number of carboxylic acids is 1. The van der Waals surface area contributed by atoms with Crippen LogP contribution in [0.3, 0.4) is 0 Å². The molecule has 1 aromatic rings. The van der Waals surface area contributed by atoms with Gasteiger partial charge in [-0.2, -0.15) is 0 Å². The maximum absolute atomic E-state index is 12.7. The van der Waals surface area contributed by atoms with Gasteiger partial charge in [-0.3, -0.25) is 24.1 Å². The summed E-state index contributed by atoms with van der Waals surface area (Å²) >= 11 is 13.1. The second-order valence-corrected chi connectivity index (χ2v) is 10.5. The number of fused-ring (bicyclic) bond motifs is 1. The lowest BCUT2D eigenvalue weighted by Crippen LogP contribution is -2.70. The molecule has 0 aliphatic carbocycles. The zero-order chi connectivity index (χ0) is 28.9. The van der Waals surface area contributed by atoms with Gasteiger partial charge in [0.05, 0.1) is 17.7 Å². The number of benzene rings is 1. The Bertz CT molecular complexity index is 1240. The topological polar surface area (TPSA) is 168 Å². The Kier molecular flexibility index (Phi) is 10.2. The number of nitrogens with one attached hydrogen (secondary N) is 2. The minimum Gasteiger partial charge on any atom is -0.477 e. The fraction of sp³-hybridized carbons (Fsp3) is 0.417. The zero-order valence-corrected chi connectivity index (χ0v) is 23.2. The molecule has 39 heavy (non-hydrogen) atoms. The third-order valence-electron chi connectivity index (χ3n) is 5.88. The third-order valence-corrected chi connectivity index (χ3v) is 7.77. The van der Waals surface area contributed by atoms with Crippen LogP contribution in [0, 0.1) is 0 Å². The Hall–Kier alpha value is -3.29. The molecule has 0 radical (unpaired) electrons. The molecule has 1 saturated heterocycles. The maximum atomic E-state index is 12.7. The van der Waals surface area contributed by atoms with E-state index in [1.807, 2.05) is 0 Å². The van der Waals surface area contributed by atoms with Gasteiger partial charge in [-0.25, -0.2) is 9.59 Å². The lowest BCUT2D eigenvalue weighted by molar-refractivity contribution is -0.151. The van der Waals surface area contributed by atoms with Crippen molar-refractivity contribution in [2.75, 3.05) is 19.5 Å². The van der Waals surface area contributed by atoms with Crippen LogP contribution in [0.1, 0.15) is 36.5 Å². The van der Waals surface area contributed by atoms with Crippen molar-refractivity contribution in [3.8, 4) is 0 Å². The van der Waals surface area contributed by atoms with Gasteiger partial charge in [0.25, 0.3) is 11.8 Å². The van der Waals surface area contributed by atoms with Gasteiger partial charge in [-0.15, -0.1) is 11.8 Å². The number of β-lactam (4-membered cyclic amide) rings is 1. The molecule has 210 valence electrons. The van der Waals surface area contributed by atoms with Crippen molar-refractivity contribution in [3.05, 3.63) is 45.1 Å². The van der Waals surface area contributed by atoms with Crippen molar-refractivity contribution in [1.29, 1.82) is 0 Å². The Balaban J connectivity index is 1.55. The monoisotopic (exact) mass is 601 g/mol. The number of carbonyl (C=O) groups excluding carboxylic acids is 5. The number of methoxy groups -OCH3 is 1. The number of hydrogen-bond donors (Lipinski definition) is 3. The lowest BCUT2D eigenvalue weighted by Gasteiger charge is -2.49. The second kappa shape index (κ2) is 13.2. The van der Waals surface area contributed by atoms with Crippen LogP contribution in [0.25, 0.3) is 0 Å². The Morgan fingerprint density at radius 2 is 1.95 bits per heavy atom. The van der Waals surface area contributed by atoms with Crippen molar-refractivity contribution in [1.82, 2.24) is 15.5 Å². The summed E-state index contributed by atoms with van der Waals surface area (Å²) in [6.07, 6.45) is 0.145. The minimum atomic E-state index is -1.34. The molecule has 0 saturated carbocycles. The number of carbonyl (C=O) groups is 6. The van der Waals surface area contributed by atoms with Crippen LogP contribution in [0.2, 0.25) is 10.0 Å². The van der Waals surface area contributed by atoms with Gasteiger partial charge in [0.2, 0.25) is 5.91 Å². The molecule has 1 aromatic carbocycles. The van der Waals surface area contributed by atoms with E-state index in [1.54, 1.807) is 0 Å². The van der Waals surface area contributed by atoms with Crippen LogP contribution in [0.15, 0.2) is 29.5 Å². The summed E-state index contributed by atoms with van der Waals surface area (Å²) in [4.78, 5) is 74.0. The number of amides is 3. The summed E-state index contributed by atoms with van der Waals surface area (Å²) in [5.74, 6) is -4.14. The number of carboxylic acid groups (broad SMARTS) is 1. The first-order valence-electron chi connectivity index (χ1n) is 11.6. The Labute approximate surface area is 237 Å². The van der Waals surface area contributed by atoms with Gasteiger partial charge in [-0.1, -0.05) is 23.2 Å². The average Bonchev–Trinajstić information content (AvgIpc) is 2.88. The SMILES string of the molecule is COC(=O)C(CCCC(=O)N[C@@H]1C(=O)N2C(C(=O)O)=C(COC(C)=O)CS[C@H]12)NC(=O)c1ccc(Cl)cc1Cl. The highest BCUT2D eigenvalue weighted by Crippen LogP contribution is 2.40. The highest BCUT2D eigenvalue weighted by molar-refractivity contribution is 8.00. The van der Waals surface area contributed by atoms with Crippen LogP contribution in [0.5, 0.6) is 0 Å². The molecule has 0 spiro atoms. The highest BCUT2D eigenvalue weighted by atomic mass is 35.5. The quantitative estimate of drug-likeness (QED) is 0.251. The molecule has 0 bridgehead atoms. The maximum Gasteiger partial charge on any atom is 0.352 e. The highest BCUT2D eigenvalue weighted by Gasteiger charge is 2.54. The van der Waals surface area contributed by atoms with E-state index in [9.17, 15) is 33.9 Å². The molecule has 3 amide bonds. The fourth-order valence-electron chi connectivity index (χ4n) is 4.00. The van der Waals surface area contributed by atoms with Crippen LogP contribution >= 0.6 is 35.0 Å². The lowest BCUT2D eigenvalue weighted by atomic mass is 10.0. The number of rotatable bonds is 11. The molecule has 2 heterocycles. The van der Waals surface area contributed by atoms with Crippen molar-refractivity contribution in [2.24, 2.45) is 0 Å². The number of hydrogen-bond acceptors (Lipinski definition) is 9. The first kappa shape index (κ1) is 30.3. The number of aliphatic carboxylic acids is 1. The summed E-state index contributed by atoms with van der Waals surface area (Å²) in [6.45, 7) is 0.941. The molecule has 0 aromatic heterocycles. The predicted octanol–water partition coefficient (Wildman–Crippen LogP) is 1.74. The van der Waals surface area contributed by atoms with Crippen LogP contribution in [-0.2, 0) is 33.4 Å². The fourth-order valence-corrected chi connectivity index (χ4v) is 5.82. The van der Waals surface area contributed by atoms with E-state index in [4.69, 9.17) is 32.7 Å². The molecule has 3 N–H and O–H groups in total. The minimum absolute atomic E-state index is 0.0609. The van der Waals surface area contributed by atoms with Crippen LogP contribution in [-0.4, -0.2) is 82.6 Å². The molecular weight excluding hydrogens is 577 g/mol. The van der Waals surface area contributed by atoms with E-state index < -0.39 is 53.1 Å². The molecule has 12 nitrogen and oxygen atoms in total. The molecule has 3 rings (SSSR count). The van der Waals surface area contributed by atoms with E-state index in [1.165, 1.54) is 36.9 Å². The molecule has 2 aliphatic heterocycles. The first-order valence-corrected chi connectivity index (χ1v) is 13.4. The van der Waals surface area contributed by atoms with Crippen LogP contribution < -0.4 is 10.6 Å². The van der Waals surface area contributed by atoms with E-state index >= 15 is 0 Å². The number of thioether (sulfide) groups is 1. The average molecular weight is 602 g/mol. The van der Waals surface area contributed by atoms with Crippen molar-refractivity contribution >= 4 is 70.6 Å². The normalized spacial score (nSPS) is 18.9. The zero-order valence-electron chi connectivity index (χ0n) is 20.8. The van der Waals surface area contributed by atoms with Gasteiger partial charge in [0.15, 0.2) is 0 Å². The summed E-state index contributed by atoms with van der Waals surface area (Å²) in [7, 11) is 1.16. The van der Waals surface area contributed by atoms with Gasteiger partial charge < -0.3 is 25.2 Å². The predicted molar refractivity (Wildman–Crippen MR) is 140 cm³/mol. The first-order chi connectivity index (χ1) is 18.4. The largest absolute Gasteiger partial charge is 0.477 e. The van der Waals surface area contributed by atoms with Crippen molar-refractivity contribution < 1.29 is 43.3 Å². The van der Waals surface area contributed by atoms with E-state index in [0.29, 0.717) is 5.02 Å². The van der Waals surface area contributed by atoms with Crippen molar-refractivity contribution in [3.63, 3.8) is 0 Å². The third kappa shape index (κ3) is 7.22. The van der Waals surface area contributed by atoms with E-state index in [2.05, 4.69) is 10.6 Å². The smallest absolute Gasteiger partial charge is 0.352 e. The number of ether oxygens (including phenoxy) is 2. The number of nitrogens with zero attached hydrogens (tertiary/aromatic N) is 1. The van der Waals surface area contributed by atoms with Crippen LogP contribution in [0.4, 0.5) is 0 Å².